The minimum absolute atomic E-state index is 0.0328. The molecule has 0 spiro atoms. The van der Waals surface area contributed by atoms with E-state index in [1.165, 1.54) is 16.5 Å². The minimum atomic E-state index is -0.280. The van der Waals surface area contributed by atoms with Crippen LogP contribution in [0.25, 0.3) is 0 Å². The Morgan fingerprint density at radius 1 is 1.32 bits per heavy atom. The molecular formula is C16H15FOS. The van der Waals surface area contributed by atoms with Crippen molar-refractivity contribution in [2.45, 2.75) is 31.6 Å². The number of carbonyl (C=O) groups is 1. The maximum absolute atomic E-state index is 13.6. The number of hydrogen-bond acceptors (Lipinski definition) is 2. The van der Waals surface area contributed by atoms with Gasteiger partial charge in [-0.15, -0.1) is 11.3 Å². The molecule has 0 fully saturated rings. The van der Waals surface area contributed by atoms with Crippen molar-refractivity contribution in [3.05, 3.63) is 57.5 Å². The van der Waals surface area contributed by atoms with Crippen LogP contribution in [0.1, 0.15) is 34.8 Å². The van der Waals surface area contributed by atoms with Crippen molar-refractivity contribution in [2.75, 3.05) is 0 Å². The predicted octanol–water partition coefficient (Wildman–Crippen LogP) is 4.12. The molecule has 0 saturated carbocycles. The van der Waals surface area contributed by atoms with Gasteiger partial charge in [0.15, 0.2) is 0 Å². The van der Waals surface area contributed by atoms with Gasteiger partial charge < -0.3 is 0 Å². The first-order chi connectivity index (χ1) is 9.25. The van der Waals surface area contributed by atoms with Crippen molar-refractivity contribution in [2.24, 2.45) is 0 Å². The van der Waals surface area contributed by atoms with Gasteiger partial charge in [0, 0.05) is 17.2 Å². The summed E-state index contributed by atoms with van der Waals surface area (Å²) in [5, 5.41) is 2.05. The van der Waals surface area contributed by atoms with Crippen molar-refractivity contribution in [3.63, 3.8) is 0 Å². The standard InChI is InChI=1S/C16H15FOS/c17-14-6-2-1-4-11(14)10-15(18)12-5-3-7-16-13(12)8-9-19-16/h1-2,4,6,8-9,12H,3,5,7,10H2. The van der Waals surface area contributed by atoms with Gasteiger partial charge in [0.25, 0.3) is 0 Å². The summed E-state index contributed by atoms with van der Waals surface area (Å²) in [6.45, 7) is 0. The van der Waals surface area contributed by atoms with E-state index in [2.05, 4.69) is 11.4 Å². The predicted molar refractivity (Wildman–Crippen MR) is 75.1 cm³/mol. The SMILES string of the molecule is O=C(Cc1ccccc1F)C1CCCc2sccc21. The van der Waals surface area contributed by atoms with Gasteiger partial charge in [-0.3, -0.25) is 4.79 Å². The van der Waals surface area contributed by atoms with Crippen molar-refractivity contribution in [1.29, 1.82) is 0 Å². The second kappa shape index (κ2) is 5.25. The van der Waals surface area contributed by atoms with E-state index in [0.717, 1.165) is 19.3 Å². The van der Waals surface area contributed by atoms with Gasteiger partial charge >= 0.3 is 0 Å². The average Bonchev–Trinajstić information content (AvgIpc) is 2.89. The largest absolute Gasteiger partial charge is 0.299 e. The zero-order chi connectivity index (χ0) is 13.2. The lowest BCUT2D eigenvalue weighted by molar-refractivity contribution is -0.120. The van der Waals surface area contributed by atoms with Gasteiger partial charge in [0.05, 0.1) is 0 Å². The molecule has 1 aromatic carbocycles. The van der Waals surface area contributed by atoms with E-state index in [-0.39, 0.29) is 23.9 Å². The highest BCUT2D eigenvalue weighted by atomic mass is 32.1. The molecule has 0 amide bonds. The number of hydrogen-bond donors (Lipinski definition) is 0. The fraction of sp³-hybridized carbons (Fsp3) is 0.312. The summed E-state index contributed by atoms with van der Waals surface area (Å²) in [5.41, 5.74) is 1.69. The van der Waals surface area contributed by atoms with Gasteiger partial charge in [-0.1, -0.05) is 18.2 Å². The number of halogens is 1. The molecule has 0 saturated heterocycles. The topological polar surface area (TPSA) is 17.1 Å². The lowest BCUT2D eigenvalue weighted by Gasteiger charge is -2.21. The van der Waals surface area contributed by atoms with Crippen LogP contribution in [0.2, 0.25) is 0 Å². The maximum Gasteiger partial charge on any atom is 0.144 e. The molecule has 0 aliphatic heterocycles. The Morgan fingerprint density at radius 2 is 2.16 bits per heavy atom. The van der Waals surface area contributed by atoms with Crippen LogP contribution in [0.4, 0.5) is 4.39 Å². The number of fused-ring (bicyclic) bond motifs is 1. The quantitative estimate of drug-likeness (QED) is 0.823. The third kappa shape index (κ3) is 2.47. The summed E-state index contributed by atoms with van der Waals surface area (Å²) >= 11 is 1.73. The van der Waals surface area contributed by atoms with Gasteiger partial charge in [0.2, 0.25) is 0 Å². The highest BCUT2D eigenvalue weighted by Crippen LogP contribution is 2.36. The summed E-state index contributed by atoms with van der Waals surface area (Å²) in [5.74, 6) is -0.170. The maximum atomic E-state index is 13.6. The van der Waals surface area contributed by atoms with Crippen LogP contribution < -0.4 is 0 Å². The Labute approximate surface area is 116 Å². The van der Waals surface area contributed by atoms with Gasteiger partial charge in [-0.2, -0.15) is 0 Å². The smallest absolute Gasteiger partial charge is 0.144 e. The van der Waals surface area contributed by atoms with Crippen molar-refractivity contribution < 1.29 is 9.18 Å². The average molecular weight is 274 g/mol. The van der Waals surface area contributed by atoms with E-state index in [1.54, 1.807) is 29.5 Å². The van der Waals surface area contributed by atoms with Gasteiger partial charge in [-0.05, 0) is 47.9 Å². The van der Waals surface area contributed by atoms with Crippen LogP contribution in [-0.2, 0) is 17.6 Å². The molecule has 1 aliphatic rings. The molecule has 19 heavy (non-hydrogen) atoms. The summed E-state index contributed by atoms with van der Waals surface area (Å²) < 4.78 is 13.6. The number of Topliss-reactive ketones (excluding diaryl/α,β-unsaturated/α-hetero) is 1. The zero-order valence-corrected chi connectivity index (χ0v) is 11.4. The van der Waals surface area contributed by atoms with Crippen molar-refractivity contribution in [3.8, 4) is 0 Å². The molecule has 1 atom stereocenters. The third-order valence-corrected chi connectivity index (χ3v) is 4.76. The fourth-order valence-electron chi connectivity index (χ4n) is 2.77. The zero-order valence-electron chi connectivity index (χ0n) is 10.6. The molecule has 3 heteroatoms. The molecule has 0 bridgehead atoms. The van der Waals surface area contributed by atoms with E-state index in [9.17, 15) is 9.18 Å². The van der Waals surface area contributed by atoms with Crippen LogP contribution in [0, 0.1) is 5.82 Å². The lowest BCUT2D eigenvalue weighted by atomic mass is 9.83. The summed E-state index contributed by atoms with van der Waals surface area (Å²) in [4.78, 5) is 13.7. The van der Waals surface area contributed by atoms with E-state index in [4.69, 9.17) is 0 Å². The number of benzene rings is 1. The molecular weight excluding hydrogens is 259 g/mol. The highest BCUT2D eigenvalue weighted by Gasteiger charge is 2.27. The molecule has 1 nitrogen and oxygen atoms in total. The molecule has 1 aliphatic carbocycles. The minimum Gasteiger partial charge on any atom is -0.299 e. The van der Waals surface area contributed by atoms with E-state index < -0.39 is 0 Å². The number of carbonyl (C=O) groups excluding carboxylic acids is 1. The fourth-order valence-corrected chi connectivity index (χ4v) is 3.76. The second-order valence-electron chi connectivity index (χ2n) is 4.98. The molecule has 98 valence electrons. The molecule has 1 heterocycles. The first kappa shape index (κ1) is 12.5. The number of thiophene rings is 1. The molecule has 0 radical (unpaired) electrons. The molecule has 1 aromatic heterocycles. The molecule has 0 N–H and O–H groups in total. The highest BCUT2D eigenvalue weighted by molar-refractivity contribution is 7.10. The van der Waals surface area contributed by atoms with E-state index >= 15 is 0 Å². The van der Waals surface area contributed by atoms with Gasteiger partial charge in [-0.25, -0.2) is 4.39 Å². The lowest BCUT2D eigenvalue weighted by Crippen LogP contribution is -2.19. The Morgan fingerprint density at radius 3 is 3.00 bits per heavy atom. The van der Waals surface area contributed by atoms with Crippen LogP contribution in [-0.4, -0.2) is 5.78 Å². The molecule has 1 unspecified atom stereocenters. The number of aryl methyl sites for hydroxylation is 1. The van der Waals surface area contributed by atoms with Crippen molar-refractivity contribution >= 4 is 17.1 Å². The van der Waals surface area contributed by atoms with Crippen LogP contribution in [0.15, 0.2) is 35.7 Å². The van der Waals surface area contributed by atoms with Crippen LogP contribution in [0.3, 0.4) is 0 Å². The first-order valence-electron chi connectivity index (χ1n) is 6.58. The Kier molecular flexibility index (Phi) is 3.47. The van der Waals surface area contributed by atoms with Crippen LogP contribution >= 0.6 is 11.3 Å². The normalized spacial score (nSPS) is 18.1. The number of rotatable bonds is 3. The second-order valence-corrected chi connectivity index (χ2v) is 5.98. The Balaban J connectivity index is 1.81. The summed E-state index contributed by atoms with van der Waals surface area (Å²) in [7, 11) is 0. The van der Waals surface area contributed by atoms with Crippen LogP contribution in [0.5, 0.6) is 0 Å². The molecule has 2 aromatic rings. The number of ketones is 1. The first-order valence-corrected chi connectivity index (χ1v) is 7.46. The third-order valence-electron chi connectivity index (χ3n) is 3.76. The Hall–Kier alpha value is -1.48. The Bertz CT molecular complexity index is 602. The van der Waals surface area contributed by atoms with Crippen molar-refractivity contribution in [1.82, 2.24) is 0 Å². The monoisotopic (exact) mass is 274 g/mol. The summed E-state index contributed by atoms with van der Waals surface area (Å²) in [6, 6.07) is 8.61. The molecule has 3 rings (SSSR count). The van der Waals surface area contributed by atoms with E-state index in [0.29, 0.717) is 5.56 Å². The van der Waals surface area contributed by atoms with E-state index in [1.807, 2.05) is 0 Å². The summed E-state index contributed by atoms with van der Waals surface area (Å²) in [6.07, 6.45) is 3.24. The van der Waals surface area contributed by atoms with Gasteiger partial charge in [0.1, 0.15) is 11.6 Å².